The van der Waals surface area contributed by atoms with E-state index in [0.29, 0.717) is 13.1 Å². The van der Waals surface area contributed by atoms with Crippen molar-refractivity contribution in [3.05, 3.63) is 24.5 Å². The number of nitrogens with zero attached hydrogens (tertiary/aromatic N) is 1. The maximum absolute atomic E-state index is 11.3. The molecule has 19 heavy (non-hydrogen) atoms. The van der Waals surface area contributed by atoms with Crippen molar-refractivity contribution in [2.24, 2.45) is 0 Å². The summed E-state index contributed by atoms with van der Waals surface area (Å²) in [4.78, 5) is 13.0. The molecule has 0 fully saturated rings. The highest BCUT2D eigenvalue weighted by Crippen LogP contribution is 2.11. The molecule has 0 unspecified atom stereocenters. The normalized spacial score (nSPS) is 15.9. The molecule has 4 heteroatoms. The average Bonchev–Trinajstić information content (AvgIpc) is 3.06. The van der Waals surface area contributed by atoms with E-state index in [1.54, 1.807) is 11.2 Å². The van der Waals surface area contributed by atoms with E-state index in [-0.39, 0.29) is 11.7 Å². The summed E-state index contributed by atoms with van der Waals surface area (Å²) in [6.07, 6.45) is 8.54. The summed E-state index contributed by atoms with van der Waals surface area (Å²) in [6.45, 7) is 11.8. The molecule has 0 saturated heterocycles. The SMILES string of the molecule is C1=COCC1.CC.CC(C)(C)OC(=O)N1CC=CC1. The van der Waals surface area contributed by atoms with E-state index < -0.39 is 0 Å². The maximum Gasteiger partial charge on any atom is 0.410 e. The first-order valence-corrected chi connectivity index (χ1v) is 6.88. The van der Waals surface area contributed by atoms with Crippen molar-refractivity contribution in [1.29, 1.82) is 0 Å². The summed E-state index contributed by atoms with van der Waals surface area (Å²) in [5.41, 5.74) is -0.389. The van der Waals surface area contributed by atoms with Crippen molar-refractivity contribution < 1.29 is 14.3 Å². The Bertz CT molecular complexity index is 289. The summed E-state index contributed by atoms with van der Waals surface area (Å²) in [6, 6.07) is 0. The van der Waals surface area contributed by atoms with Gasteiger partial charge in [-0.15, -0.1) is 0 Å². The Morgan fingerprint density at radius 3 is 2.05 bits per heavy atom. The van der Waals surface area contributed by atoms with Gasteiger partial charge in [-0.25, -0.2) is 4.79 Å². The van der Waals surface area contributed by atoms with Crippen LogP contribution in [0.25, 0.3) is 0 Å². The van der Waals surface area contributed by atoms with Gasteiger partial charge in [0.1, 0.15) is 5.60 Å². The second-order valence-corrected chi connectivity index (χ2v) is 4.89. The fourth-order valence-corrected chi connectivity index (χ4v) is 1.29. The molecule has 0 N–H and O–H groups in total. The molecule has 0 aromatic carbocycles. The quantitative estimate of drug-likeness (QED) is 0.629. The predicted molar refractivity (Wildman–Crippen MR) is 78.0 cm³/mol. The molecule has 4 nitrogen and oxygen atoms in total. The van der Waals surface area contributed by atoms with Gasteiger partial charge in [0.15, 0.2) is 0 Å². The number of carbonyl (C=O) groups excluding carboxylic acids is 1. The molecule has 2 aliphatic rings. The second-order valence-electron chi connectivity index (χ2n) is 4.89. The van der Waals surface area contributed by atoms with E-state index in [2.05, 4.69) is 0 Å². The Kier molecular flexibility index (Phi) is 8.75. The van der Waals surface area contributed by atoms with E-state index in [1.807, 2.05) is 52.8 Å². The molecule has 1 amide bonds. The van der Waals surface area contributed by atoms with Crippen LogP contribution in [0, 0.1) is 0 Å². The maximum atomic E-state index is 11.3. The van der Waals surface area contributed by atoms with Crippen molar-refractivity contribution >= 4 is 6.09 Å². The third-order valence-electron chi connectivity index (χ3n) is 2.06. The number of hydrogen-bond acceptors (Lipinski definition) is 3. The minimum atomic E-state index is -0.389. The van der Waals surface area contributed by atoms with Crippen LogP contribution in [-0.4, -0.2) is 36.3 Å². The van der Waals surface area contributed by atoms with E-state index in [4.69, 9.17) is 9.47 Å². The predicted octanol–water partition coefficient (Wildman–Crippen LogP) is 3.74. The van der Waals surface area contributed by atoms with E-state index in [0.717, 1.165) is 13.0 Å². The molecule has 0 aromatic rings. The van der Waals surface area contributed by atoms with Gasteiger partial charge in [0, 0.05) is 19.5 Å². The van der Waals surface area contributed by atoms with Gasteiger partial charge >= 0.3 is 6.09 Å². The first-order chi connectivity index (χ1) is 8.99. The largest absolute Gasteiger partial charge is 0.501 e. The minimum absolute atomic E-state index is 0.229. The van der Waals surface area contributed by atoms with Crippen LogP contribution in [0.15, 0.2) is 24.5 Å². The highest BCUT2D eigenvalue weighted by Gasteiger charge is 2.21. The number of hydrogen-bond donors (Lipinski definition) is 0. The van der Waals surface area contributed by atoms with Crippen LogP contribution in [0.5, 0.6) is 0 Å². The Morgan fingerprint density at radius 1 is 1.16 bits per heavy atom. The van der Waals surface area contributed by atoms with Gasteiger partial charge in [-0.2, -0.15) is 0 Å². The molecule has 2 rings (SSSR count). The van der Waals surface area contributed by atoms with Gasteiger partial charge in [-0.1, -0.05) is 26.0 Å². The Labute approximate surface area is 117 Å². The molecule has 0 saturated carbocycles. The highest BCUT2D eigenvalue weighted by atomic mass is 16.6. The van der Waals surface area contributed by atoms with Gasteiger partial charge in [0.25, 0.3) is 0 Å². The van der Waals surface area contributed by atoms with Crippen LogP contribution in [0.2, 0.25) is 0 Å². The Hall–Kier alpha value is -1.45. The Balaban J connectivity index is 0.000000383. The van der Waals surface area contributed by atoms with Crippen molar-refractivity contribution in [1.82, 2.24) is 4.90 Å². The molecule has 0 aliphatic carbocycles. The lowest BCUT2D eigenvalue weighted by Gasteiger charge is -2.23. The van der Waals surface area contributed by atoms with Gasteiger partial charge in [0.05, 0.1) is 12.9 Å². The fraction of sp³-hybridized carbons (Fsp3) is 0.667. The lowest BCUT2D eigenvalue weighted by atomic mass is 10.2. The van der Waals surface area contributed by atoms with E-state index >= 15 is 0 Å². The fourth-order valence-electron chi connectivity index (χ4n) is 1.29. The lowest BCUT2D eigenvalue weighted by molar-refractivity contribution is 0.0304. The first kappa shape index (κ1) is 17.6. The average molecular weight is 269 g/mol. The molecule has 0 radical (unpaired) electrons. The van der Waals surface area contributed by atoms with Gasteiger partial charge in [0.2, 0.25) is 0 Å². The zero-order valence-corrected chi connectivity index (χ0v) is 12.8. The molecule has 110 valence electrons. The summed E-state index contributed by atoms with van der Waals surface area (Å²) < 4.78 is 9.93. The topological polar surface area (TPSA) is 38.8 Å². The van der Waals surface area contributed by atoms with Gasteiger partial charge in [-0.05, 0) is 26.8 Å². The summed E-state index contributed by atoms with van der Waals surface area (Å²) in [7, 11) is 0. The molecular weight excluding hydrogens is 242 g/mol. The molecular formula is C15H27NO3. The van der Waals surface area contributed by atoms with E-state index in [9.17, 15) is 4.79 Å². The van der Waals surface area contributed by atoms with Gasteiger partial charge in [-0.3, -0.25) is 0 Å². The van der Waals surface area contributed by atoms with Crippen LogP contribution in [0.1, 0.15) is 41.0 Å². The second kappa shape index (κ2) is 9.48. The zero-order chi connectivity index (χ0) is 14.7. The third kappa shape index (κ3) is 9.17. The zero-order valence-electron chi connectivity index (χ0n) is 12.8. The minimum Gasteiger partial charge on any atom is -0.501 e. The summed E-state index contributed by atoms with van der Waals surface area (Å²) >= 11 is 0. The number of amides is 1. The van der Waals surface area contributed by atoms with Crippen LogP contribution in [0.4, 0.5) is 4.79 Å². The van der Waals surface area contributed by atoms with Crippen LogP contribution in [0.3, 0.4) is 0 Å². The van der Waals surface area contributed by atoms with Gasteiger partial charge < -0.3 is 14.4 Å². The van der Waals surface area contributed by atoms with Crippen molar-refractivity contribution in [2.45, 2.75) is 46.6 Å². The standard InChI is InChI=1S/C9H15NO2.C4H6O.C2H6/c1-9(2,3)12-8(11)10-6-4-5-7-10;1-2-4-5-3-1;1-2/h4-5H,6-7H2,1-3H3;1,3H,2,4H2;1-2H3. The Morgan fingerprint density at radius 2 is 1.74 bits per heavy atom. The molecule has 2 heterocycles. The molecule has 2 aliphatic heterocycles. The number of carbonyl (C=O) groups is 1. The molecule has 0 atom stereocenters. The lowest BCUT2D eigenvalue weighted by Crippen LogP contribution is -2.35. The third-order valence-corrected chi connectivity index (χ3v) is 2.06. The smallest absolute Gasteiger partial charge is 0.410 e. The molecule has 0 bridgehead atoms. The summed E-state index contributed by atoms with van der Waals surface area (Å²) in [5, 5.41) is 0. The number of ether oxygens (including phenoxy) is 2. The van der Waals surface area contributed by atoms with Crippen molar-refractivity contribution in [3.63, 3.8) is 0 Å². The first-order valence-electron chi connectivity index (χ1n) is 6.88. The number of rotatable bonds is 0. The summed E-state index contributed by atoms with van der Waals surface area (Å²) in [5.74, 6) is 0. The van der Waals surface area contributed by atoms with Crippen LogP contribution < -0.4 is 0 Å². The van der Waals surface area contributed by atoms with Crippen LogP contribution in [-0.2, 0) is 9.47 Å². The van der Waals surface area contributed by atoms with Crippen molar-refractivity contribution in [2.75, 3.05) is 19.7 Å². The van der Waals surface area contributed by atoms with Crippen LogP contribution >= 0.6 is 0 Å². The molecule has 0 spiro atoms. The van der Waals surface area contributed by atoms with Crippen molar-refractivity contribution in [3.8, 4) is 0 Å². The monoisotopic (exact) mass is 269 g/mol. The van der Waals surface area contributed by atoms with E-state index in [1.165, 1.54) is 0 Å². The highest BCUT2D eigenvalue weighted by molar-refractivity contribution is 5.69. The molecule has 0 aromatic heterocycles.